The molecule has 0 N–H and O–H groups in total. The zero-order chi connectivity index (χ0) is 12.3. The summed E-state index contributed by atoms with van der Waals surface area (Å²) in [6.45, 7) is 2.87. The normalized spacial score (nSPS) is 14.9. The quantitative estimate of drug-likeness (QED) is 0.594. The van der Waals surface area contributed by atoms with Gasteiger partial charge in [-0.3, -0.25) is 4.79 Å². The van der Waals surface area contributed by atoms with Crippen molar-refractivity contribution in [3.63, 3.8) is 0 Å². The number of benzene rings is 1. The van der Waals surface area contributed by atoms with Crippen LogP contribution in [0.25, 0.3) is 0 Å². The fourth-order valence-electron chi connectivity index (χ4n) is 2.41. The van der Waals surface area contributed by atoms with Crippen molar-refractivity contribution in [2.24, 2.45) is 0 Å². The van der Waals surface area contributed by atoms with E-state index < -0.39 is 0 Å². The minimum atomic E-state index is 0.251. The molecule has 0 saturated heterocycles. The Balaban J connectivity index is 2.23. The number of amides is 1. The van der Waals surface area contributed by atoms with Gasteiger partial charge in [0.05, 0.1) is 0 Å². The van der Waals surface area contributed by atoms with Gasteiger partial charge in [-0.2, -0.15) is 0 Å². The number of unbranched alkanes of at least 4 members (excludes halogenated alkanes) is 1. The summed E-state index contributed by atoms with van der Waals surface area (Å²) in [7, 11) is 0. The molecule has 1 amide bonds. The molecule has 0 spiro atoms. The van der Waals surface area contributed by atoms with Gasteiger partial charge in [-0.1, -0.05) is 18.2 Å². The zero-order valence-corrected chi connectivity index (χ0v) is 11.0. The number of fused-ring (bicyclic) bond motifs is 1. The smallest absolute Gasteiger partial charge is 0.227 e. The number of anilines is 1. The number of para-hydroxylation sites is 1. The number of aryl methyl sites for hydroxylation is 2. The highest BCUT2D eigenvalue weighted by molar-refractivity contribution is 6.17. The van der Waals surface area contributed by atoms with Crippen molar-refractivity contribution in [3.05, 3.63) is 29.3 Å². The van der Waals surface area contributed by atoms with Gasteiger partial charge in [0.2, 0.25) is 5.91 Å². The minimum absolute atomic E-state index is 0.251. The van der Waals surface area contributed by atoms with Crippen molar-refractivity contribution in [1.82, 2.24) is 0 Å². The standard InChI is InChI=1S/C14H18ClNO/c1-11-5-4-6-12-7-8-13(17)16(14(11)12)10-3-2-9-15/h4-6H,2-3,7-10H2,1H3. The molecule has 1 aromatic carbocycles. The third kappa shape index (κ3) is 2.63. The molecule has 1 aliphatic heterocycles. The molecule has 0 saturated carbocycles. The molecule has 92 valence electrons. The molecule has 0 aliphatic carbocycles. The van der Waals surface area contributed by atoms with E-state index in [0.29, 0.717) is 12.3 Å². The Hall–Kier alpha value is -1.02. The maximum atomic E-state index is 12.0. The summed E-state index contributed by atoms with van der Waals surface area (Å²) in [5.74, 6) is 0.921. The first-order valence-electron chi connectivity index (χ1n) is 6.19. The Bertz CT molecular complexity index is 417. The van der Waals surface area contributed by atoms with Gasteiger partial charge in [0.15, 0.2) is 0 Å². The lowest BCUT2D eigenvalue weighted by Gasteiger charge is -2.31. The first-order chi connectivity index (χ1) is 8.24. The molecule has 1 heterocycles. The van der Waals surface area contributed by atoms with Crippen molar-refractivity contribution >= 4 is 23.2 Å². The molecule has 0 atom stereocenters. The molecular weight excluding hydrogens is 234 g/mol. The molecule has 17 heavy (non-hydrogen) atoms. The average Bonchev–Trinajstić information content (AvgIpc) is 2.33. The van der Waals surface area contributed by atoms with E-state index >= 15 is 0 Å². The molecule has 0 aromatic heterocycles. The third-order valence-corrected chi connectivity index (χ3v) is 3.53. The van der Waals surface area contributed by atoms with E-state index in [1.165, 1.54) is 11.1 Å². The maximum Gasteiger partial charge on any atom is 0.227 e. The van der Waals surface area contributed by atoms with Crippen LogP contribution in [-0.2, 0) is 11.2 Å². The van der Waals surface area contributed by atoms with Crippen LogP contribution in [0.5, 0.6) is 0 Å². The van der Waals surface area contributed by atoms with Gasteiger partial charge >= 0.3 is 0 Å². The zero-order valence-electron chi connectivity index (χ0n) is 10.2. The molecule has 3 heteroatoms. The number of rotatable bonds is 4. The van der Waals surface area contributed by atoms with Crippen molar-refractivity contribution < 1.29 is 4.79 Å². The van der Waals surface area contributed by atoms with E-state index in [0.717, 1.165) is 31.5 Å². The Morgan fingerprint density at radius 3 is 2.88 bits per heavy atom. The molecule has 1 aromatic rings. The summed E-state index contributed by atoms with van der Waals surface area (Å²) in [5.41, 5.74) is 3.63. The predicted molar refractivity (Wildman–Crippen MR) is 71.8 cm³/mol. The van der Waals surface area contributed by atoms with Crippen LogP contribution in [-0.4, -0.2) is 18.3 Å². The first kappa shape index (κ1) is 12.4. The summed E-state index contributed by atoms with van der Waals surface area (Å²) in [6.07, 6.45) is 3.45. The second-order valence-electron chi connectivity index (χ2n) is 4.52. The van der Waals surface area contributed by atoms with E-state index in [-0.39, 0.29) is 5.91 Å². The Morgan fingerprint density at radius 2 is 2.12 bits per heavy atom. The third-order valence-electron chi connectivity index (χ3n) is 3.27. The number of hydrogen-bond acceptors (Lipinski definition) is 1. The van der Waals surface area contributed by atoms with E-state index in [4.69, 9.17) is 11.6 Å². The molecule has 2 rings (SSSR count). The van der Waals surface area contributed by atoms with Gasteiger partial charge in [0.1, 0.15) is 0 Å². The van der Waals surface area contributed by atoms with Gasteiger partial charge in [0.25, 0.3) is 0 Å². The van der Waals surface area contributed by atoms with Crippen LogP contribution in [0.3, 0.4) is 0 Å². The van der Waals surface area contributed by atoms with Crippen molar-refractivity contribution in [3.8, 4) is 0 Å². The second kappa shape index (κ2) is 5.54. The van der Waals surface area contributed by atoms with Gasteiger partial charge in [-0.15, -0.1) is 11.6 Å². The van der Waals surface area contributed by atoms with Gasteiger partial charge in [0, 0.05) is 24.5 Å². The number of hydrogen-bond donors (Lipinski definition) is 0. The topological polar surface area (TPSA) is 20.3 Å². The Morgan fingerprint density at radius 1 is 1.29 bits per heavy atom. The maximum absolute atomic E-state index is 12.0. The van der Waals surface area contributed by atoms with Crippen LogP contribution in [0.2, 0.25) is 0 Å². The number of alkyl halides is 1. The Labute approximate surface area is 108 Å². The highest BCUT2D eigenvalue weighted by Gasteiger charge is 2.24. The van der Waals surface area contributed by atoms with E-state index in [1.54, 1.807) is 0 Å². The minimum Gasteiger partial charge on any atom is -0.312 e. The summed E-state index contributed by atoms with van der Waals surface area (Å²) in [4.78, 5) is 13.9. The average molecular weight is 252 g/mol. The number of carbonyl (C=O) groups excluding carboxylic acids is 1. The van der Waals surface area contributed by atoms with Crippen molar-refractivity contribution in [2.45, 2.75) is 32.6 Å². The lowest BCUT2D eigenvalue weighted by atomic mass is 9.97. The monoisotopic (exact) mass is 251 g/mol. The fourth-order valence-corrected chi connectivity index (χ4v) is 2.60. The van der Waals surface area contributed by atoms with Gasteiger partial charge in [-0.05, 0) is 37.3 Å². The largest absolute Gasteiger partial charge is 0.312 e. The highest BCUT2D eigenvalue weighted by atomic mass is 35.5. The molecule has 1 aliphatic rings. The molecule has 0 unspecified atom stereocenters. The van der Waals surface area contributed by atoms with Crippen LogP contribution >= 0.6 is 11.6 Å². The molecule has 0 fully saturated rings. The molecule has 0 bridgehead atoms. The van der Waals surface area contributed by atoms with E-state index in [1.807, 2.05) is 4.90 Å². The van der Waals surface area contributed by atoms with Crippen LogP contribution in [0.1, 0.15) is 30.4 Å². The molecule has 2 nitrogen and oxygen atoms in total. The van der Waals surface area contributed by atoms with Crippen LogP contribution in [0, 0.1) is 6.92 Å². The van der Waals surface area contributed by atoms with Gasteiger partial charge in [-0.25, -0.2) is 0 Å². The Kier molecular flexibility index (Phi) is 4.06. The van der Waals surface area contributed by atoms with Crippen LogP contribution in [0.15, 0.2) is 18.2 Å². The summed E-state index contributed by atoms with van der Waals surface area (Å²) >= 11 is 5.68. The van der Waals surface area contributed by atoms with Gasteiger partial charge < -0.3 is 4.90 Å². The summed E-state index contributed by atoms with van der Waals surface area (Å²) in [5, 5.41) is 0. The highest BCUT2D eigenvalue weighted by Crippen LogP contribution is 2.31. The summed E-state index contributed by atoms with van der Waals surface area (Å²) in [6, 6.07) is 6.27. The SMILES string of the molecule is Cc1cccc2c1N(CCCCCl)C(=O)CC2. The predicted octanol–water partition coefficient (Wildman–Crippen LogP) is 3.29. The molecule has 0 radical (unpaired) electrons. The van der Waals surface area contributed by atoms with Crippen molar-refractivity contribution in [2.75, 3.05) is 17.3 Å². The fraction of sp³-hybridized carbons (Fsp3) is 0.500. The van der Waals surface area contributed by atoms with Crippen LogP contribution < -0.4 is 4.90 Å². The number of halogens is 1. The lowest BCUT2D eigenvalue weighted by molar-refractivity contribution is -0.118. The van der Waals surface area contributed by atoms with Crippen molar-refractivity contribution in [1.29, 1.82) is 0 Å². The lowest BCUT2D eigenvalue weighted by Crippen LogP contribution is -2.36. The van der Waals surface area contributed by atoms with E-state index in [9.17, 15) is 4.79 Å². The van der Waals surface area contributed by atoms with E-state index in [2.05, 4.69) is 25.1 Å². The first-order valence-corrected chi connectivity index (χ1v) is 6.72. The molecular formula is C14H18ClNO. The summed E-state index contributed by atoms with van der Waals surface area (Å²) < 4.78 is 0. The second-order valence-corrected chi connectivity index (χ2v) is 4.90. The number of carbonyl (C=O) groups is 1. The van der Waals surface area contributed by atoms with Crippen LogP contribution in [0.4, 0.5) is 5.69 Å². The number of nitrogens with zero attached hydrogens (tertiary/aromatic N) is 1.